The molecule has 1 aromatic heterocycles. The average Bonchev–Trinajstić information content (AvgIpc) is 3.01. The Labute approximate surface area is 160 Å². The van der Waals surface area contributed by atoms with Gasteiger partial charge in [0.15, 0.2) is 0 Å². The molecule has 1 nitrogen and oxygen atoms in total. The predicted molar refractivity (Wildman–Crippen MR) is 119 cm³/mol. The maximum atomic E-state index is 3.90. The zero-order chi connectivity index (χ0) is 18.8. The molecule has 3 aromatic carbocycles. The standard InChI is InChI=1S/C26H23N/c1-4-9-22(10-5-2)27-25-15-13-19(3)17-23(25)24-18-21(14-16-26(24)27)20-11-7-6-8-12-20/h4-18H,1H2,2-3H3/b10-5-,22-9+. The summed E-state index contributed by atoms with van der Waals surface area (Å²) in [5.41, 5.74) is 7.29. The first-order valence-electron chi connectivity index (χ1n) is 9.29. The summed E-state index contributed by atoms with van der Waals surface area (Å²) in [5.74, 6) is 0. The van der Waals surface area contributed by atoms with Gasteiger partial charge in [-0.05, 0) is 61.4 Å². The molecule has 0 amide bonds. The Morgan fingerprint density at radius 1 is 0.852 bits per heavy atom. The fraction of sp³-hybridized carbons (Fsp3) is 0.0769. The van der Waals surface area contributed by atoms with Gasteiger partial charge in [-0.3, -0.25) is 0 Å². The van der Waals surface area contributed by atoms with Gasteiger partial charge in [0.1, 0.15) is 0 Å². The Morgan fingerprint density at radius 2 is 1.56 bits per heavy atom. The maximum absolute atomic E-state index is 3.90. The Kier molecular flexibility index (Phi) is 4.52. The molecule has 0 bridgehead atoms. The van der Waals surface area contributed by atoms with E-state index < -0.39 is 0 Å². The number of allylic oxidation sites excluding steroid dienone is 5. The number of benzene rings is 3. The first kappa shape index (κ1) is 17.1. The third-order valence-corrected chi connectivity index (χ3v) is 4.91. The van der Waals surface area contributed by atoms with Crippen molar-refractivity contribution in [3.05, 3.63) is 103 Å². The summed E-state index contributed by atoms with van der Waals surface area (Å²) in [6.45, 7) is 8.09. The molecule has 0 saturated carbocycles. The Morgan fingerprint density at radius 3 is 2.26 bits per heavy atom. The number of aromatic nitrogens is 1. The maximum Gasteiger partial charge on any atom is 0.0541 e. The molecule has 0 unspecified atom stereocenters. The molecule has 1 heteroatoms. The van der Waals surface area contributed by atoms with Crippen LogP contribution in [0.25, 0.3) is 38.6 Å². The van der Waals surface area contributed by atoms with Crippen molar-refractivity contribution in [2.45, 2.75) is 13.8 Å². The molecule has 0 radical (unpaired) electrons. The Hall–Kier alpha value is -3.32. The number of aryl methyl sites for hydroxylation is 1. The first-order valence-corrected chi connectivity index (χ1v) is 9.29. The molecule has 132 valence electrons. The summed E-state index contributed by atoms with van der Waals surface area (Å²) in [7, 11) is 0. The summed E-state index contributed by atoms with van der Waals surface area (Å²) in [6, 6.07) is 24.0. The van der Waals surface area contributed by atoms with Gasteiger partial charge in [-0.2, -0.15) is 0 Å². The number of rotatable bonds is 4. The quantitative estimate of drug-likeness (QED) is 0.339. The molecule has 0 aliphatic heterocycles. The van der Waals surface area contributed by atoms with Crippen LogP contribution in [-0.2, 0) is 0 Å². The van der Waals surface area contributed by atoms with E-state index in [1.807, 2.05) is 13.0 Å². The highest BCUT2D eigenvalue weighted by Gasteiger charge is 2.13. The SMILES string of the molecule is C=C/C=C(\C=C/C)n1c2ccc(C)cc2c2cc(-c3ccccc3)ccc21. The number of hydrogen-bond acceptors (Lipinski definition) is 0. The van der Waals surface area contributed by atoms with Crippen molar-refractivity contribution < 1.29 is 0 Å². The van der Waals surface area contributed by atoms with Crippen LogP contribution in [0.1, 0.15) is 12.5 Å². The molecule has 4 rings (SSSR count). The highest BCUT2D eigenvalue weighted by Crippen LogP contribution is 2.35. The second-order valence-electron chi connectivity index (χ2n) is 6.78. The van der Waals surface area contributed by atoms with Crippen molar-refractivity contribution in [2.24, 2.45) is 0 Å². The van der Waals surface area contributed by atoms with Crippen molar-refractivity contribution in [1.29, 1.82) is 0 Å². The second kappa shape index (κ2) is 7.13. The molecule has 0 aliphatic carbocycles. The summed E-state index contributed by atoms with van der Waals surface area (Å²) in [6.07, 6.45) is 8.11. The van der Waals surface area contributed by atoms with Crippen molar-refractivity contribution in [2.75, 3.05) is 0 Å². The van der Waals surface area contributed by atoms with E-state index in [9.17, 15) is 0 Å². The van der Waals surface area contributed by atoms with Crippen LogP contribution in [0.4, 0.5) is 0 Å². The van der Waals surface area contributed by atoms with Crippen LogP contribution in [0.15, 0.2) is 97.6 Å². The summed E-state index contributed by atoms with van der Waals surface area (Å²) in [4.78, 5) is 0. The third-order valence-electron chi connectivity index (χ3n) is 4.91. The molecule has 1 heterocycles. The molecule has 0 N–H and O–H groups in total. The lowest BCUT2D eigenvalue weighted by Gasteiger charge is -2.09. The molecule has 0 spiro atoms. The topological polar surface area (TPSA) is 4.93 Å². The fourth-order valence-electron chi connectivity index (χ4n) is 3.72. The van der Waals surface area contributed by atoms with Crippen molar-refractivity contribution in [3.63, 3.8) is 0 Å². The zero-order valence-electron chi connectivity index (χ0n) is 15.8. The molecule has 0 saturated heterocycles. The van der Waals surface area contributed by atoms with E-state index in [-0.39, 0.29) is 0 Å². The summed E-state index contributed by atoms with van der Waals surface area (Å²) in [5, 5.41) is 2.55. The second-order valence-corrected chi connectivity index (χ2v) is 6.78. The Bertz CT molecular complexity index is 1190. The lowest BCUT2D eigenvalue weighted by atomic mass is 10.0. The smallest absolute Gasteiger partial charge is 0.0541 e. The molecule has 4 aromatic rings. The lowest BCUT2D eigenvalue weighted by molar-refractivity contribution is 1.23. The highest BCUT2D eigenvalue weighted by atomic mass is 15.0. The fourth-order valence-corrected chi connectivity index (χ4v) is 3.72. The summed E-state index contributed by atoms with van der Waals surface area (Å²) < 4.78 is 2.32. The first-order chi connectivity index (χ1) is 13.2. The van der Waals surface area contributed by atoms with E-state index in [2.05, 4.69) is 103 Å². The molecule has 0 aliphatic rings. The third kappa shape index (κ3) is 3.02. The van der Waals surface area contributed by atoms with E-state index in [0.717, 1.165) is 5.70 Å². The minimum Gasteiger partial charge on any atom is -0.309 e. The van der Waals surface area contributed by atoms with E-state index >= 15 is 0 Å². The Balaban J connectivity index is 2.09. The van der Waals surface area contributed by atoms with Gasteiger partial charge in [-0.1, -0.05) is 66.8 Å². The largest absolute Gasteiger partial charge is 0.309 e. The average molecular weight is 349 g/mol. The van der Waals surface area contributed by atoms with E-state index in [4.69, 9.17) is 0 Å². The van der Waals surface area contributed by atoms with Gasteiger partial charge in [-0.25, -0.2) is 0 Å². The minimum atomic E-state index is 1.11. The number of hydrogen-bond donors (Lipinski definition) is 0. The van der Waals surface area contributed by atoms with Gasteiger partial charge in [-0.15, -0.1) is 0 Å². The molecular formula is C26H23N. The van der Waals surface area contributed by atoms with Gasteiger partial charge < -0.3 is 4.57 Å². The highest BCUT2D eigenvalue weighted by molar-refractivity contribution is 6.11. The van der Waals surface area contributed by atoms with E-state index in [1.165, 1.54) is 38.5 Å². The van der Waals surface area contributed by atoms with Gasteiger partial charge in [0, 0.05) is 16.5 Å². The summed E-state index contributed by atoms with van der Waals surface area (Å²) >= 11 is 0. The van der Waals surface area contributed by atoms with Gasteiger partial charge in [0.05, 0.1) is 11.0 Å². The molecular weight excluding hydrogens is 326 g/mol. The van der Waals surface area contributed by atoms with Crippen LogP contribution in [0, 0.1) is 6.92 Å². The van der Waals surface area contributed by atoms with Crippen molar-refractivity contribution in [3.8, 4) is 11.1 Å². The van der Waals surface area contributed by atoms with Crippen molar-refractivity contribution in [1.82, 2.24) is 4.57 Å². The predicted octanol–water partition coefficient (Wildman–Crippen LogP) is 7.37. The number of nitrogens with zero attached hydrogens (tertiary/aromatic N) is 1. The van der Waals surface area contributed by atoms with E-state index in [1.54, 1.807) is 0 Å². The van der Waals surface area contributed by atoms with Crippen LogP contribution in [0.3, 0.4) is 0 Å². The van der Waals surface area contributed by atoms with Gasteiger partial charge in [0.25, 0.3) is 0 Å². The van der Waals surface area contributed by atoms with Gasteiger partial charge in [0.2, 0.25) is 0 Å². The zero-order valence-corrected chi connectivity index (χ0v) is 15.8. The van der Waals surface area contributed by atoms with Crippen LogP contribution >= 0.6 is 0 Å². The molecule has 0 fully saturated rings. The lowest BCUT2D eigenvalue weighted by Crippen LogP contribution is -1.94. The van der Waals surface area contributed by atoms with Crippen LogP contribution < -0.4 is 0 Å². The monoisotopic (exact) mass is 349 g/mol. The van der Waals surface area contributed by atoms with Crippen LogP contribution in [-0.4, -0.2) is 4.57 Å². The van der Waals surface area contributed by atoms with Crippen LogP contribution in [0.5, 0.6) is 0 Å². The van der Waals surface area contributed by atoms with Crippen molar-refractivity contribution >= 4 is 27.5 Å². The normalized spacial score (nSPS) is 12.3. The van der Waals surface area contributed by atoms with E-state index in [0.29, 0.717) is 0 Å². The molecule has 0 atom stereocenters. The number of fused-ring (bicyclic) bond motifs is 3. The molecule has 27 heavy (non-hydrogen) atoms. The van der Waals surface area contributed by atoms with Gasteiger partial charge >= 0.3 is 0 Å². The van der Waals surface area contributed by atoms with Crippen LogP contribution in [0.2, 0.25) is 0 Å². The minimum absolute atomic E-state index is 1.11.